The number of hydrogen-bond acceptors (Lipinski definition) is 1. The second-order valence-electron chi connectivity index (χ2n) is 3.79. The standard InChI is InChI=1S/C13H18ClN/c1-4-15-13(10(2)3)9-11-6-5-7-12(14)8-11/h5-8,13,15H,2,4,9H2,1,3H3. The summed E-state index contributed by atoms with van der Waals surface area (Å²) in [6.45, 7) is 9.11. The van der Waals surface area contributed by atoms with Gasteiger partial charge in [-0.25, -0.2) is 0 Å². The minimum atomic E-state index is 0.341. The topological polar surface area (TPSA) is 12.0 Å². The van der Waals surface area contributed by atoms with E-state index in [-0.39, 0.29) is 0 Å². The van der Waals surface area contributed by atoms with Gasteiger partial charge in [-0.3, -0.25) is 0 Å². The first-order valence-electron chi connectivity index (χ1n) is 5.26. The van der Waals surface area contributed by atoms with Crippen molar-refractivity contribution in [2.24, 2.45) is 0 Å². The summed E-state index contributed by atoms with van der Waals surface area (Å²) in [5, 5.41) is 4.20. The van der Waals surface area contributed by atoms with E-state index >= 15 is 0 Å². The first kappa shape index (κ1) is 12.3. The molecule has 15 heavy (non-hydrogen) atoms. The molecule has 0 aliphatic rings. The molecule has 82 valence electrons. The molecule has 1 atom stereocenters. The van der Waals surface area contributed by atoms with Crippen LogP contribution in [-0.2, 0) is 6.42 Å². The van der Waals surface area contributed by atoms with Crippen molar-refractivity contribution in [1.82, 2.24) is 5.32 Å². The Morgan fingerprint density at radius 3 is 2.80 bits per heavy atom. The van der Waals surface area contributed by atoms with Crippen LogP contribution in [0.5, 0.6) is 0 Å². The van der Waals surface area contributed by atoms with Gasteiger partial charge in [-0.05, 0) is 37.6 Å². The largest absolute Gasteiger partial charge is 0.310 e. The summed E-state index contributed by atoms with van der Waals surface area (Å²) < 4.78 is 0. The summed E-state index contributed by atoms with van der Waals surface area (Å²) in [5.41, 5.74) is 2.41. The van der Waals surface area contributed by atoms with Crippen LogP contribution in [-0.4, -0.2) is 12.6 Å². The van der Waals surface area contributed by atoms with Gasteiger partial charge in [-0.1, -0.05) is 42.8 Å². The lowest BCUT2D eigenvalue weighted by molar-refractivity contribution is 0.588. The molecule has 0 amide bonds. The zero-order valence-corrected chi connectivity index (χ0v) is 10.1. The quantitative estimate of drug-likeness (QED) is 0.755. The van der Waals surface area contributed by atoms with Crippen molar-refractivity contribution in [3.8, 4) is 0 Å². The average Bonchev–Trinajstić information content (AvgIpc) is 2.17. The molecule has 0 saturated carbocycles. The molecule has 0 aliphatic carbocycles. The SMILES string of the molecule is C=C(C)C(Cc1cccc(Cl)c1)NCC. The van der Waals surface area contributed by atoms with Crippen molar-refractivity contribution in [3.05, 3.63) is 47.0 Å². The van der Waals surface area contributed by atoms with Crippen molar-refractivity contribution >= 4 is 11.6 Å². The Balaban J connectivity index is 2.69. The van der Waals surface area contributed by atoms with E-state index in [1.165, 1.54) is 5.56 Å². The highest BCUT2D eigenvalue weighted by molar-refractivity contribution is 6.30. The third kappa shape index (κ3) is 4.06. The lowest BCUT2D eigenvalue weighted by Gasteiger charge is -2.18. The molecule has 0 heterocycles. The average molecular weight is 224 g/mol. The summed E-state index contributed by atoms with van der Waals surface area (Å²) in [4.78, 5) is 0. The van der Waals surface area contributed by atoms with Gasteiger partial charge in [0, 0.05) is 11.1 Å². The highest BCUT2D eigenvalue weighted by Crippen LogP contribution is 2.14. The Kier molecular flexibility index (Phi) is 4.86. The van der Waals surface area contributed by atoms with Gasteiger partial charge in [0.1, 0.15) is 0 Å². The van der Waals surface area contributed by atoms with Crippen LogP contribution in [0.3, 0.4) is 0 Å². The van der Waals surface area contributed by atoms with E-state index in [1.807, 2.05) is 18.2 Å². The Labute approximate surface area is 97.1 Å². The van der Waals surface area contributed by atoms with Crippen LogP contribution in [0.1, 0.15) is 19.4 Å². The van der Waals surface area contributed by atoms with Crippen molar-refractivity contribution in [3.63, 3.8) is 0 Å². The fourth-order valence-corrected chi connectivity index (χ4v) is 1.78. The molecule has 0 bridgehead atoms. The number of nitrogens with one attached hydrogen (secondary N) is 1. The maximum atomic E-state index is 5.94. The van der Waals surface area contributed by atoms with Crippen LogP contribution in [0, 0.1) is 0 Å². The molecule has 1 aromatic carbocycles. The number of likely N-dealkylation sites (N-methyl/N-ethyl adjacent to an activating group) is 1. The van der Waals surface area contributed by atoms with Gasteiger partial charge >= 0.3 is 0 Å². The molecule has 1 unspecified atom stereocenters. The van der Waals surface area contributed by atoms with Gasteiger partial charge in [0.15, 0.2) is 0 Å². The normalized spacial score (nSPS) is 12.5. The molecule has 0 aromatic heterocycles. The lowest BCUT2D eigenvalue weighted by Crippen LogP contribution is -2.31. The second-order valence-corrected chi connectivity index (χ2v) is 4.23. The van der Waals surface area contributed by atoms with Gasteiger partial charge in [0.2, 0.25) is 0 Å². The number of rotatable bonds is 5. The van der Waals surface area contributed by atoms with Crippen molar-refractivity contribution in [2.75, 3.05) is 6.54 Å². The minimum Gasteiger partial charge on any atom is -0.310 e. The first-order chi connectivity index (χ1) is 7.13. The number of benzene rings is 1. The monoisotopic (exact) mass is 223 g/mol. The van der Waals surface area contributed by atoms with Crippen molar-refractivity contribution < 1.29 is 0 Å². The van der Waals surface area contributed by atoms with Crippen LogP contribution >= 0.6 is 11.6 Å². The Bertz CT molecular complexity index is 333. The molecule has 0 radical (unpaired) electrons. The van der Waals surface area contributed by atoms with E-state index < -0.39 is 0 Å². The zero-order chi connectivity index (χ0) is 11.3. The maximum Gasteiger partial charge on any atom is 0.0408 e. The van der Waals surface area contributed by atoms with Gasteiger partial charge in [0.25, 0.3) is 0 Å². The third-order valence-corrected chi connectivity index (χ3v) is 2.61. The van der Waals surface area contributed by atoms with Crippen molar-refractivity contribution in [2.45, 2.75) is 26.3 Å². The summed E-state index contributed by atoms with van der Waals surface area (Å²) in [6, 6.07) is 8.33. The molecule has 0 saturated heterocycles. The molecule has 1 nitrogen and oxygen atoms in total. The maximum absolute atomic E-state index is 5.94. The molecule has 0 aliphatic heterocycles. The fraction of sp³-hybridized carbons (Fsp3) is 0.385. The molecule has 1 aromatic rings. The van der Waals surface area contributed by atoms with Crippen LogP contribution in [0.2, 0.25) is 5.02 Å². The van der Waals surface area contributed by atoms with Crippen LogP contribution in [0.4, 0.5) is 0 Å². The van der Waals surface area contributed by atoms with Gasteiger partial charge < -0.3 is 5.32 Å². The van der Waals surface area contributed by atoms with E-state index in [4.69, 9.17) is 11.6 Å². The van der Waals surface area contributed by atoms with Crippen LogP contribution in [0.15, 0.2) is 36.4 Å². The molecule has 2 heteroatoms. The molecule has 0 spiro atoms. The summed E-state index contributed by atoms with van der Waals surface area (Å²) in [7, 11) is 0. The van der Waals surface area contributed by atoms with E-state index in [0.29, 0.717) is 6.04 Å². The Morgan fingerprint density at radius 1 is 1.53 bits per heavy atom. The molecule has 1 N–H and O–H groups in total. The highest BCUT2D eigenvalue weighted by atomic mass is 35.5. The second kappa shape index (κ2) is 5.94. The Morgan fingerprint density at radius 2 is 2.27 bits per heavy atom. The predicted octanol–water partition coefficient (Wildman–Crippen LogP) is 3.44. The fourth-order valence-electron chi connectivity index (χ4n) is 1.57. The minimum absolute atomic E-state index is 0.341. The van der Waals surface area contributed by atoms with Gasteiger partial charge in [-0.2, -0.15) is 0 Å². The third-order valence-electron chi connectivity index (χ3n) is 2.37. The van der Waals surface area contributed by atoms with E-state index in [1.54, 1.807) is 0 Å². The first-order valence-corrected chi connectivity index (χ1v) is 5.64. The predicted molar refractivity (Wildman–Crippen MR) is 67.4 cm³/mol. The summed E-state index contributed by atoms with van der Waals surface area (Å²) in [6.07, 6.45) is 0.948. The number of hydrogen-bond donors (Lipinski definition) is 1. The van der Waals surface area contributed by atoms with E-state index in [0.717, 1.165) is 23.6 Å². The van der Waals surface area contributed by atoms with Gasteiger partial charge in [-0.15, -0.1) is 0 Å². The summed E-state index contributed by atoms with van der Waals surface area (Å²) in [5.74, 6) is 0. The van der Waals surface area contributed by atoms with Crippen LogP contribution in [0.25, 0.3) is 0 Å². The smallest absolute Gasteiger partial charge is 0.0408 e. The van der Waals surface area contributed by atoms with Gasteiger partial charge in [0.05, 0.1) is 0 Å². The van der Waals surface area contributed by atoms with E-state index in [2.05, 4.69) is 31.8 Å². The number of halogens is 1. The Hall–Kier alpha value is -0.790. The molecular weight excluding hydrogens is 206 g/mol. The lowest BCUT2D eigenvalue weighted by atomic mass is 10.0. The molecular formula is C13H18ClN. The molecule has 1 rings (SSSR count). The highest BCUT2D eigenvalue weighted by Gasteiger charge is 2.08. The van der Waals surface area contributed by atoms with Crippen LogP contribution < -0.4 is 5.32 Å². The van der Waals surface area contributed by atoms with Crippen molar-refractivity contribution in [1.29, 1.82) is 0 Å². The van der Waals surface area contributed by atoms with E-state index in [9.17, 15) is 0 Å². The zero-order valence-electron chi connectivity index (χ0n) is 9.39. The summed E-state index contributed by atoms with van der Waals surface area (Å²) >= 11 is 5.94. The molecule has 0 fully saturated rings.